The van der Waals surface area contributed by atoms with Gasteiger partial charge in [0.1, 0.15) is 0 Å². The molecule has 0 bridgehead atoms. The first-order chi connectivity index (χ1) is 12.1. The van der Waals surface area contributed by atoms with Crippen molar-refractivity contribution in [3.05, 3.63) is 40.7 Å². The van der Waals surface area contributed by atoms with Gasteiger partial charge < -0.3 is 9.47 Å². The van der Waals surface area contributed by atoms with Crippen LogP contribution in [-0.2, 0) is 12.8 Å². The van der Waals surface area contributed by atoms with Crippen LogP contribution in [0.2, 0.25) is 0 Å². The summed E-state index contributed by atoms with van der Waals surface area (Å²) in [6, 6.07) is 5.49. The van der Waals surface area contributed by atoms with E-state index in [0.717, 1.165) is 42.5 Å². The molecule has 25 heavy (non-hydrogen) atoms. The molecule has 0 spiro atoms. The lowest BCUT2D eigenvalue weighted by molar-refractivity contribution is 0.0948. The van der Waals surface area contributed by atoms with Gasteiger partial charge in [-0.3, -0.25) is 9.89 Å². The fourth-order valence-electron chi connectivity index (χ4n) is 2.98. The molecule has 1 aromatic heterocycles. The van der Waals surface area contributed by atoms with Crippen LogP contribution in [-0.4, -0.2) is 36.0 Å². The van der Waals surface area contributed by atoms with Crippen molar-refractivity contribution < 1.29 is 14.3 Å². The van der Waals surface area contributed by atoms with Gasteiger partial charge in [0.25, 0.3) is 5.91 Å². The van der Waals surface area contributed by atoms with Crippen molar-refractivity contribution in [2.75, 3.05) is 14.2 Å². The van der Waals surface area contributed by atoms with E-state index in [1.54, 1.807) is 20.3 Å². The maximum Gasteiger partial charge on any atom is 0.292 e. The highest BCUT2D eigenvalue weighted by Gasteiger charge is 2.21. The van der Waals surface area contributed by atoms with E-state index < -0.39 is 0 Å². The first kappa shape index (κ1) is 17.0. The molecule has 1 amide bonds. The number of amides is 1. The number of rotatable bonds is 5. The minimum absolute atomic E-state index is 0.292. The second-order valence-electron chi connectivity index (χ2n) is 5.94. The van der Waals surface area contributed by atoms with Crippen LogP contribution in [0.4, 0.5) is 0 Å². The number of carbonyl (C=O) groups excluding carboxylic acids is 1. The number of nitrogens with one attached hydrogen (secondary N) is 2. The Hall–Kier alpha value is -2.83. The molecule has 0 unspecified atom stereocenters. The van der Waals surface area contributed by atoms with Gasteiger partial charge in [-0.25, -0.2) is 5.43 Å². The molecule has 1 aliphatic rings. The van der Waals surface area contributed by atoms with Gasteiger partial charge in [-0.15, -0.1) is 0 Å². The average molecular weight is 342 g/mol. The Balaban J connectivity index is 1.75. The summed E-state index contributed by atoms with van der Waals surface area (Å²) in [5, 5.41) is 11.3. The Morgan fingerprint density at radius 1 is 1.20 bits per heavy atom. The van der Waals surface area contributed by atoms with E-state index >= 15 is 0 Å². The molecule has 1 aliphatic carbocycles. The highest BCUT2D eigenvalue weighted by molar-refractivity contribution is 6.01. The maximum absolute atomic E-state index is 12.4. The van der Waals surface area contributed by atoms with Crippen molar-refractivity contribution in [1.29, 1.82) is 0 Å². The van der Waals surface area contributed by atoms with E-state index in [4.69, 9.17) is 9.47 Å². The number of hydrogen-bond donors (Lipinski definition) is 2. The molecule has 7 heteroatoms. The minimum Gasteiger partial charge on any atom is -0.493 e. The number of methoxy groups -OCH3 is 2. The van der Waals surface area contributed by atoms with Crippen LogP contribution in [0.25, 0.3) is 0 Å². The fourth-order valence-corrected chi connectivity index (χ4v) is 2.98. The van der Waals surface area contributed by atoms with Crippen LogP contribution in [0.15, 0.2) is 23.3 Å². The third-order valence-corrected chi connectivity index (χ3v) is 4.40. The molecular weight excluding hydrogens is 320 g/mol. The molecule has 3 rings (SSSR count). The van der Waals surface area contributed by atoms with Gasteiger partial charge in [0, 0.05) is 16.8 Å². The Kier molecular flexibility index (Phi) is 5.02. The molecule has 0 saturated carbocycles. The van der Waals surface area contributed by atoms with E-state index in [-0.39, 0.29) is 5.91 Å². The number of fused-ring (bicyclic) bond motifs is 1. The van der Waals surface area contributed by atoms with Crippen molar-refractivity contribution in [3.63, 3.8) is 0 Å². The highest BCUT2D eigenvalue weighted by Crippen LogP contribution is 2.27. The molecule has 2 aromatic rings. The van der Waals surface area contributed by atoms with Crippen molar-refractivity contribution >= 4 is 11.6 Å². The number of nitrogens with zero attached hydrogens (tertiary/aromatic N) is 2. The standard InChI is InChI=1S/C18H22N4O3/c1-11(12-8-9-15(24-2)16(10-12)25-3)19-22-18(23)17-13-6-4-5-7-14(13)20-21-17/h8-10H,4-7H2,1-3H3,(H,20,21)(H,22,23). The first-order valence-electron chi connectivity index (χ1n) is 8.27. The summed E-state index contributed by atoms with van der Waals surface area (Å²) in [5.74, 6) is 0.965. The van der Waals surface area contributed by atoms with E-state index in [9.17, 15) is 4.79 Å². The van der Waals surface area contributed by atoms with Crippen LogP contribution in [0.1, 0.15) is 47.1 Å². The van der Waals surface area contributed by atoms with Crippen LogP contribution in [0.3, 0.4) is 0 Å². The number of aromatic amines is 1. The molecule has 0 aliphatic heterocycles. The number of carbonyl (C=O) groups is 1. The smallest absolute Gasteiger partial charge is 0.292 e. The van der Waals surface area contributed by atoms with Crippen molar-refractivity contribution in [1.82, 2.24) is 15.6 Å². The zero-order chi connectivity index (χ0) is 17.8. The topological polar surface area (TPSA) is 88.6 Å². The van der Waals surface area contributed by atoms with Gasteiger partial charge in [-0.2, -0.15) is 10.2 Å². The van der Waals surface area contributed by atoms with Crippen LogP contribution in [0, 0.1) is 0 Å². The van der Waals surface area contributed by atoms with Crippen LogP contribution < -0.4 is 14.9 Å². The molecule has 0 atom stereocenters. The fraction of sp³-hybridized carbons (Fsp3) is 0.389. The molecular formula is C18H22N4O3. The Morgan fingerprint density at radius 3 is 2.72 bits per heavy atom. The molecule has 132 valence electrons. The molecule has 7 nitrogen and oxygen atoms in total. The normalized spacial score (nSPS) is 14.0. The van der Waals surface area contributed by atoms with Gasteiger partial charge in [-0.1, -0.05) is 0 Å². The molecule has 0 saturated heterocycles. The van der Waals surface area contributed by atoms with Crippen molar-refractivity contribution in [2.24, 2.45) is 5.10 Å². The number of hydrogen-bond acceptors (Lipinski definition) is 5. The average Bonchev–Trinajstić information content (AvgIpc) is 3.09. The monoisotopic (exact) mass is 342 g/mol. The zero-order valence-corrected chi connectivity index (χ0v) is 14.7. The third kappa shape index (κ3) is 3.50. The molecule has 2 N–H and O–H groups in total. The first-order valence-corrected chi connectivity index (χ1v) is 8.27. The zero-order valence-electron chi connectivity index (χ0n) is 14.7. The summed E-state index contributed by atoms with van der Waals surface area (Å²) in [6.07, 6.45) is 4.05. The number of hydrazone groups is 1. The maximum atomic E-state index is 12.4. The van der Waals surface area contributed by atoms with Gasteiger partial charge in [-0.05, 0) is 50.8 Å². The van der Waals surface area contributed by atoms with Gasteiger partial charge in [0.2, 0.25) is 0 Å². The summed E-state index contributed by atoms with van der Waals surface area (Å²) in [4.78, 5) is 12.4. The van der Waals surface area contributed by atoms with Crippen LogP contribution in [0.5, 0.6) is 11.5 Å². The van der Waals surface area contributed by atoms with Gasteiger partial charge in [0.15, 0.2) is 17.2 Å². The Bertz CT molecular complexity index is 811. The predicted octanol–water partition coefficient (Wildman–Crippen LogP) is 2.46. The Morgan fingerprint density at radius 2 is 1.96 bits per heavy atom. The number of aryl methyl sites for hydroxylation is 1. The second kappa shape index (κ2) is 7.38. The van der Waals surface area contributed by atoms with Crippen molar-refractivity contribution in [2.45, 2.75) is 32.6 Å². The van der Waals surface area contributed by atoms with E-state index in [1.807, 2.05) is 19.1 Å². The van der Waals surface area contributed by atoms with Gasteiger partial charge in [0.05, 0.1) is 19.9 Å². The number of H-pyrrole nitrogens is 1. The van der Waals surface area contributed by atoms with Gasteiger partial charge >= 0.3 is 0 Å². The summed E-state index contributed by atoms with van der Waals surface area (Å²) < 4.78 is 10.5. The third-order valence-electron chi connectivity index (χ3n) is 4.40. The number of benzene rings is 1. The van der Waals surface area contributed by atoms with Crippen molar-refractivity contribution in [3.8, 4) is 11.5 Å². The summed E-state index contributed by atoms with van der Waals surface area (Å²) in [7, 11) is 3.17. The largest absolute Gasteiger partial charge is 0.493 e. The van der Waals surface area contributed by atoms with E-state index in [2.05, 4.69) is 20.7 Å². The Labute approximate surface area is 146 Å². The summed E-state index contributed by atoms with van der Waals surface area (Å²) in [5.41, 5.74) is 6.62. The molecule has 0 fully saturated rings. The molecule has 0 radical (unpaired) electrons. The lowest BCUT2D eigenvalue weighted by Crippen LogP contribution is -2.21. The summed E-state index contributed by atoms with van der Waals surface area (Å²) >= 11 is 0. The predicted molar refractivity (Wildman–Crippen MR) is 94.5 cm³/mol. The second-order valence-corrected chi connectivity index (χ2v) is 5.94. The SMILES string of the molecule is COc1ccc(C(C)=NNC(=O)c2n[nH]c3c2CCCC3)cc1OC. The van der Waals surface area contributed by atoms with E-state index in [1.165, 1.54) is 0 Å². The molecule has 1 heterocycles. The van der Waals surface area contributed by atoms with E-state index in [0.29, 0.717) is 22.9 Å². The molecule has 1 aromatic carbocycles. The summed E-state index contributed by atoms with van der Waals surface area (Å²) in [6.45, 7) is 1.82. The number of ether oxygens (including phenoxy) is 2. The minimum atomic E-state index is -0.292. The quantitative estimate of drug-likeness (QED) is 0.645. The van der Waals surface area contributed by atoms with Crippen LogP contribution >= 0.6 is 0 Å². The highest BCUT2D eigenvalue weighted by atomic mass is 16.5. The number of aromatic nitrogens is 2. The lowest BCUT2D eigenvalue weighted by Gasteiger charge is -2.11. The lowest BCUT2D eigenvalue weighted by atomic mass is 9.96.